The van der Waals surface area contributed by atoms with E-state index in [4.69, 9.17) is 4.74 Å². The Bertz CT molecular complexity index is 700. The smallest absolute Gasteiger partial charge is 0.326 e. The van der Waals surface area contributed by atoms with Crippen LogP contribution < -0.4 is 5.32 Å². The number of thioether (sulfide) groups is 1. The molecule has 2 N–H and O–H groups in total. The highest BCUT2D eigenvalue weighted by Crippen LogP contribution is 2.27. The molecule has 2 rings (SSSR count). The Morgan fingerprint density at radius 1 is 1.31 bits per heavy atom. The van der Waals surface area contributed by atoms with Crippen LogP contribution in [0.4, 0.5) is 0 Å². The summed E-state index contributed by atoms with van der Waals surface area (Å²) in [5.41, 5.74) is 1.09. The molecule has 0 radical (unpaired) electrons. The summed E-state index contributed by atoms with van der Waals surface area (Å²) in [6, 6.07) is 7.63. The van der Waals surface area contributed by atoms with Crippen LogP contribution >= 0.6 is 11.8 Å². The predicted octanol–water partition coefficient (Wildman–Crippen LogP) is 1.95. The van der Waals surface area contributed by atoms with Crippen molar-refractivity contribution >= 4 is 29.6 Å². The summed E-state index contributed by atoms with van der Waals surface area (Å²) in [5.74, 6) is -1.70. The fourth-order valence-corrected chi connectivity index (χ4v) is 4.22. The highest BCUT2D eigenvalue weighted by molar-refractivity contribution is 7.99. The van der Waals surface area contributed by atoms with E-state index in [0.717, 1.165) is 5.56 Å². The van der Waals surface area contributed by atoms with Gasteiger partial charge in [-0.15, -0.1) is 0 Å². The van der Waals surface area contributed by atoms with Crippen LogP contribution in [0.15, 0.2) is 30.3 Å². The summed E-state index contributed by atoms with van der Waals surface area (Å²) in [6.45, 7) is 4.07. The molecule has 1 saturated heterocycles. The average Bonchev–Trinajstić information content (AvgIpc) is 3.16. The number of likely N-dealkylation sites (tertiary alicyclic amines) is 1. The number of benzene rings is 1. The molecule has 1 aliphatic rings. The van der Waals surface area contributed by atoms with E-state index in [2.05, 4.69) is 5.32 Å². The van der Waals surface area contributed by atoms with Gasteiger partial charge in [-0.2, -0.15) is 11.8 Å². The molecule has 0 saturated carbocycles. The number of carboxylic acids is 1. The molecule has 1 unspecified atom stereocenters. The molecule has 1 aromatic carbocycles. The molecule has 1 aromatic rings. The number of carboxylic acid groups (broad SMARTS) is 1. The lowest BCUT2D eigenvalue weighted by atomic mass is 10.0. The number of nitrogens with zero attached hydrogens (tertiary/aromatic N) is 1. The zero-order chi connectivity index (χ0) is 21.4. The normalized spacial score (nSPS) is 20.9. The summed E-state index contributed by atoms with van der Waals surface area (Å²) in [5, 5.41) is 12.7. The maximum absolute atomic E-state index is 13.0. The summed E-state index contributed by atoms with van der Waals surface area (Å²) < 4.78 is 5.17. The van der Waals surface area contributed by atoms with Gasteiger partial charge in [-0.3, -0.25) is 14.9 Å². The van der Waals surface area contributed by atoms with Crippen molar-refractivity contribution in [1.82, 2.24) is 10.2 Å². The number of carbonyl (C=O) groups is 3. The monoisotopic (exact) mass is 422 g/mol. The van der Waals surface area contributed by atoms with Crippen molar-refractivity contribution in [1.29, 1.82) is 0 Å². The van der Waals surface area contributed by atoms with Crippen LogP contribution in [0.5, 0.6) is 0 Å². The van der Waals surface area contributed by atoms with Crippen molar-refractivity contribution in [2.24, 2.45) is 0 Å². The highest BCUT2D eigenvalue weighted by Gasteiger charge is 2.41. The molecule has 8 heteroatoms. The average molecular weight is 423 g/mol. The maximum atomic E-state index is 13.0. The Morgan fingerprint density at radius 3 is 2.59 bits per heavy atom. The molecular weight excluding hydrogens is 392 g/mol. The zero-order valence-electron chi connectivity index (χ0n) is 17.2. The first-order chi connectivity index (χ1) is 13.9. The molecule has 29 heavy (non-hydrogen) atoms. The van der Waals surface area contributed by atoms with Gasteiger partial charge in [-0.1, -0.05) is 30.3 Å². The molecule has 0 spiro atoms. The molecule has 7 nitrogen and oxygen atoms in total. The number of aliphatic carboxylic acids is 1. The Morgan fingerprint density at radius 2 is 2.00 bits per heavy atom. The van der Waals surface area contributed by atoms with Gasteiger partial charge in [0.05, 0.1) is 12.6 Å². The minimum Gasteiger partial charge on any atom is -0.480 e. The van der Waals surface area contributed by atoms with Gasteiger partial charge in [0.15, 0.2) is 0 Å². The second kappa shape index (κ2) is 11.2. The van der Waals surface area contributed by atoms with E-state index in [0.29, 0.717) is 25.8 Å². The second-order valence-corrected chi connectivity index (χ2v) is 8.29. The van der Waals surface area contributed by atoms with Crippen LogP contribution in [0.25, 0.3) is 0 Å². The standard InChI is InChI=1S/C21H30N2O5S/c1-4-28-21(27)17(11-10-15-8-6-5-7-9-15)22-14(2)19(24)23-13-16(29-3)12-18(23)20(25)26/h5-9,14,16-18,22H,4,10-13H2,1-3H3,(H,25,26)/t14-,16?,17-,18-/m0/s1. The van der Waals surface area contributed by atoms with Crippen LogP contribution in [0.1, 0.15) is 32.3 Å². The van der Waals surface area contributed by atoms with Gasteiger partial charge in [-0.25, -0.2) is 4.79 Å². The van der Waals surface area contributed by atoms with Gasteiger partial charge < -0.3 is 14.7 Å². The van der Waals surface area contributed by atoms with Gasteiger partial charge in [0.2, 0.25) is 5.91 Å². The van der Waals surface area contributed by atoms with Crippen molar-refractivity contribution in [3.05, 3.63) is 35.9 Å². The largest absolute Gasteiger partial charge is 0.480 e. The first-order valence-electron chi connectivity index (χ1n) is 9.90. The zero-order valence-corrected chi connectivity index (χ0v) is 18.0. The van der Waals surface area contributed by atoms with E-state index in [-0.39, 0.29) is 17.8 Å². The van der Waals surface area contributed by atoms with Crippen LogP contribution in [0.2, 0.25) is 0 Å². The van der Waals surface area contributed by atoms with Crippen molar-refractivity contribution in [2.75, 3.05) is 19.4 Å². The van der Waals surface area contributed by atoms with E-state index < -0.39 is 30.1 Å². The third-order valence-corrected chi connectivity index (χ3v) is 6.13. The maximum Gasteiger partial charge on any atom is 0.326 e. The minimum absolute atomic E-state index is 0.103. The van der Waals surface area contributed by atoms with Crippen molar-refractivity contribution in [2.45, 2.75) is 56.5 Å². The van der Waals surface area contributed by atoms with Gasteiger partial charge in [0, 0.05) is 11.8 Å². The molecule has 1 aliphatic heterocycles. The van der Waals surface area contributed by atoms with Crippen LogP contribution in [0.3, 0.4) is 0 Å². The number of hydrogen-bond acceptors (Lipinski definition) is 6. The molecule has 0 aliphatic carbocycles. The SMILES string of the molecule is CCOC(=O)[C@H](CCc1ccccc1)N[C@@H](C)C(=O)N1CC(SC)C[C@H]1C(=O)O. The lowest BCUT2D eigenvalue weighted by Gasteiger charge is -2.28. The quantitative estimate of drug-likeness (QED) is 0.556. The van der Waals surface area contributed by atoms with Gasteiger partial charge in [0.1, 0.15) is 12.1 Å². The number of esters is 1. The third-order valence-electron chi connectivity index (χ3n) is 5.12. The van der Waals surface area contributed by atoms with E-state index in [1.54, 1.807) is 25.6 Å². The predicted molar refractivity (Wildman–Crippen MR) is 113 cm³/mol. The van der Waals surface area contributed by atoms with E-state index in [1.807, 2.05) is 36.6 Å². The highest BCUT2D eigenvalue weighted by atomic mass is 32.2. The number of nitrogens with one attached hydrogen (secondary N) is 1. The number of carbonyl (C=O) groups excluding carboxylic acids is 2. The topological polar surface area (TPSA) is 95.9 Å². The second-order valence-electron chi connectivity index (χ2n) is 7.16. The van der Waals surface area contributed by atoms with E-state index in [1.165, 1.54) is 4.90 Å². The van der Waals surface area contributed by atoms with Crippen LogP contribution in [-0.2, 0) is 25.5 Å². The first-order valence-corrected chi connectivity index (χ1v) is 11.2. The van der Waals surface area contributed by atoms with Gasteiger partial charge in [0.25, 0.3) is 0 Å². The van der Waals surface area contributed by atoms with Crippen molar-refractivity contribution < 1.29 is 24.2 Å². The Labute approximate surface area is 176 Å². The number of aryl methyl sites for hydroxylation is 1. The van der Waals surface area contributed by atoms with Crippen LogP contribution in [-0.4, -0.2) is 70.6 Å². The van der Waals surface area contributed by atoms with Gasteiger partial charge in [-0.05, 0) is 44.9 Å². The Balaban J connectivity index is 2.05. The molecule has 0 aromatic heterocycles. The van der Waals surface area contributed by atoms with Crippen LogP contribution in [0, 0.1) is 0 Å². The number of rotatable bonds is 10. The lowest BCUT2D eigenvalue weighted by molar-refractivity contribution is -0.150. The van der Waals surface area contributed by atoms with Crippen molar-refractivity contribution in [3.8, 4) is 0 Å². The first kappa shape index (κ1) is 23.2. The minimum atomic E-state index is -0.992. The summed E-state index contributed by atoms with van der Waals surface area (Å²) in [6.07, 6.45) is 3.49. The third kappa shape index (κ3) is 6.47. The summed E-state index contributed by atoms with van der Waals surface area (Å²) in [4.78, 5) is 38.4. The number of amides is 1. The molecule has 1 amide bonds. The lowest BCUT2D eigenvalue weighted by Crippen LogP contribution is -2.53. The fraction of sp³-hybridized carbons (Fsp3) is 0.571. The van der Waals surface area contributed by atoms with E-state index in [9.17, 15) is 19.5 Å². The molecule has 4 atom stereocenters. The molecule has 1 fully saturated rings. The fourth-order valence-electron chi connectivity index (χ4n) is 3.54. The molecule has 160 valence electrons. The number of hydrogen-bond donors (Lipinski definition) is 2. The summed E-state index contributed by atoms with van der Waals surface area (Å²) in [7, 11) is 0. The Kier molecular flexibility index (Phi) is 8.98. The van der Waals surface area contributed by atoms with Gasteiger partial charge >= 0.3 is 11.9 Å². The van der Waals surface area contributed by atoms with E-state index >= 15 is 0 Å². The Hall–Kier alpha value is -2.06. The number of ether oxygens (including phenoxy) is 1. The molecule has 1 heterocycles. The van der Waals surface area contributed by atoms with Crippen molar-refractivity contribution in [3.63, 3.8) is 0 Å². The molecule has 0 bridgehead atoms. The molecular formula is C21H30N2O5S. The summed E-state index contributed by atoms with van der Waals surface area (Å²) >= 11 is 1.57.